The van der Waals surface area contributed by atoms with Crippen LogP contribution in [0, 0.1) is 23.0 Å². The summed E-state index contributed by atoms with van der Waals surface area (Å²) in [6, 6.07) is 12.2. The Morgan fingerprint density at radius 1 is 1.09 bits per heavy atom. The number of nitriles is 1. The Morgan fingerprint density at radius 2 is 1.91 bits per heavy atom. The van der Waals surface area contributed by atoms with Gasteiger partial charge in [0.1, 0.15) is 18.5 Å². The number of nitrogens with zero attached hydrogens (tertiary/aromatic N) is 5. The van der Waals surface area contributed by atoms with Crippen LogP contribution in [0.3, 0.4) is 0 Å². The number of carbonyl (C=O) groups is 1. The van der Waals surface area contributed by atoms with Gasteiger partial charge in [0.05, 0.1) is 59.3 Å². The molecule has 0 bridgehead atoms. The van der Waals surface area contributed by atoms with Gasteiger partial charge in [-0.3, -0.25) is 9.88 Å². The maximum atomic E-state index is 14.6. The lowest BCUT2D eigenvalue weighted by Gasteiger charge is -2.32. The van der Waals surface area contributed by atoms with Gasteiger partial charge in [-0.2, -0.15) is 5.26 Å². The summed E-state index contributed by atoms with van der Waals surface area (Å²) >= 11 is 0. The van der Waals surface area contributed by atoms with E-state index in [-0.39, 0.29) is 41.4 Å². The van der Waals surface area contributed by atoms with E-state index in [1.807, 2.05) is 6.07 Å². The average molecular weight is 590 g/mol. The summed E-state index contributed by atoms with van der Waals surface area (Å²) < 4.78 is 47.9. The van der Waals surface area contributed by atoms with Crippen molar-refractivity contribution in [3.8, 4) is 17.6 Å². The molecule has 1 N–H and O–H groups in total. The lowest BCUT2D eigenvalue weighted by atomic mass is 10.1. The Morgan fingerprint density at radius 3 is 2.60 bits per heavy atom. The predicted octanol–water partition coefficient (Wildman–Crippen LogP) is 4.69. The molecule has 0 radical (unpaired) electrons. The Bertz CT molecular complexity index is 1690. The molecule has 10 nitrogen and oxygen atoms in total. The Balaban J connectivity index is 1.08. The van der Waals surface area contributed by atoms with Crippen molar-refractivity contribution in [1.29, 1.82) is 5.26 Å². The Hall–Kier alpha value is -4.60. The topological polar surface area (TPSA) is 123 Å². The molecule has 12 heteroatoms. The van der Waals surface area contributed by atoms with Gasteiger partial charge in [-0.15, -0.1) is 0 Å². The minimum Gasteiger partial charge on any atom is -0.487 e. The van der Waals surface area contributed by atoms with E-state index in [9.17, 15) is 18.7 Å². The number of pyridine rings is 1. The largest absolute Gasteiger partial charge is 0.487 e. The third-order valence-corrected chi connectivity index (χ3v) is 7.76. The van der Waals surface area contributed by atoms with Gasteiger partial charge in [0, 0.05) is 25.8 Å². The maximum absolute atomic E-state index is 14.6. The molecular formula is C31H29F2N5O5. The van der Waals surface area contributed by atoms with Gasteiger partial charge in [0.2, 0.25) is 0 Å². The van der Waals surface area contributed by atoms with Crippen molar-refractivity contribution in [3.05, 3.63) is 82.9 Å². The first-order valence-electron chi connectivity index (χ1n) is 14.1. The Labute approximate surface area is 246 Å². The average Bonchev–Trinajstić information content (AvgIpc) is 3.32. The van der Waals surface area contributed by atoms with E-state index in [4.69, 9.17) is 24.5 Å². The third-order valence-electron chi connectivity index (χ3n) is 7.76. The van der Waals surface area contributed by atoms with Crippen molar-refractivity contribution in [2.75, 3.05) is 19.7 Å². The normalized spacial score (nSPS) is 17.4. The summed E-state index contributed by atoms with van der Waals surface area (Å²) in [6.07, 6.45) is 3.21. The van der Waals surface area contributed by atoms with E-state index in [2.05, 4.69) is 14.5 Å². The minimum atomic E-state index is -0.983. The first kappa shape index (κ1) is 28.5. The SMILES string of the molecule is N#Cc1ccc(OCc2cc(OC3CCN(Cc4nc5ccc(C(=O)O)cc5n4C[C@@H]4CCO4)CC3)c(F)cn2)c(F)c1. The number of fused-ring (bicyclic) bond motifs is 1. The zero-order chi connectivity index (χ0) is 29.9. The summed E-state index contributed by atoms with van der Waals surface area (Å²) in [5.41, 5.74) is 2.29. The molecule has 2 aliphatic rings. The lowest BCUT2D eigenvalue weighted by molar-refractivity contribution is -0.0592. The smallest absolute Gasteiger partial charge is 0.335 e. The summed E-state index contributed by atoms with van der Waals surface area (Å²) in [7, 11) is 0. The zero-order valence-corrected chi connectivity index (χ0v) is 23.2. The van der Waals surface area contributed by atoms with Crippen LogP contribution in [0.25, 0.3) is 11.0 Å². The van der Waals surface area contributed by atoms with Crippen molar-refractivity contribution < 1.29 is 32.9 Å². The Kier molecular flexibility index (Phi) is 8.18. The van der Waals surface area contributed by atoms with Crippen molar-refractivity contribution in [2.24, 2.45) is 0 Å². The van der Waals surface area contributed by atoms with Crippen molar-refractivity contribution in [1.82, 2.24) is 19.4 Å². The highest BCUT2D eigenvalue weighted by Crippen LogP contribution is 2.27. The van der Waals surface area contributed by atoms with Crippen LogP contribution in [-0.4, -0.2) is 62.4 Å². The lowest BCUT2D eigenvalue weighted by Crippen LogP contribution is -2.39. The van der Waals surface area contributed by atoms with Crippen LogP contribution in [0.4, 0.5) is 8.78 Å². The molecule has 1 atom stereocenters. The van der Waals surface area contributed by atoms with Gasteiger partial charge in [-0.05, 0) is 55.7 Å². The second kappa shape index (κ2) is 12.3. The van der Waals surface area contributed by atoms with Gasteiger partial charge >= 0.3 is 5.97 Å². The van der Waals surface area contributed by atoms with Gasteiger partial charge < -0.3 is 23.9 Å². The number of hydrogen-bond acceptors (Lipinski definition) is 8. The highest BCUT2D eigenvalue weighted by molar-refractivity contribution is 5.92. The number of rotatable bonds is 10. The highest BCUT2D eigenvalue weighted by atomic mass is 19.1. The van der Waals surface area contributed by atoms with Gasteiger partial charge in [-0.1, -0.05) is 0 Å². The summed E-state index contributed by atoms with van der Waals surface area (Å²) in [5, 5.41) is 18.4. The minimum absolute atomic E-state index is 0.0315. The van der Waals surface area contributed by atoms with Gasteiger partial charge in [0.25, 0.3) is 0 Å². The van der Waals surface area contributed by atoms with Gasteiger partial charge in [0.15, 0.2) is 23.1 Å². The second-order valence-electron chi connectivity index (χ2n) is 10.7. The summed E-state index contributed by atoms with van der Waals surface area (Å²) in [4.78, 5) is 22.7. The van der Waals surface area contributed by atoms with Crippen LogP contribution in [0.1, 0.15) is 46.7 Å². The molecule has 43 heavy (non-hydrogen) atoms. The number of carboxylic acid groups (broad SMARTS) is 1. The molecule has 4 heterocycles. The van der Waals surface area contributed by atoms with Crippen LogP contribution < -0.4 is 9.47 Å². The van der Waals surface area contributed by atoms with E-state index in [1.54, 1.807) is 18.2 Å². The molecule has 2 fully saturated rings. The van der Waals surface area contributed by atoms with E-state index >= 15 is 0 Å². The number of carboxylic acids is 1. The number of hydrogen-bond donors (Lipinski definition) is 1. The predicted molar refractivity (Wildman–Crippen MR) is 150 cm³/mol. The second-order valence-corrected chi connectivity index (χ2v) is 10.7. The monoisotopic (exact) mass is 589 g/mol. The maximum Gasteiger partial charge on any atom is 0.335 e. The van der Waals surface area contributed by atoms with Crippen molar-refractivity contribution in [2.45, 2.75) is 51.2 Å². The van der Waals surface area contributed by atoms with Crippen LogP contribution in [0.2, 0.25) is 0 Å². The fraction of sp³-hybridized carbons (Fsp3) is 0.355. The molecule has 0 amide bonds. The number of ether oxygens (including phenoxy) is 3. The van der Waals surface area contributed by atoms with Crippen molar-refractivity contribution >= 4 is 17.0 Å². The summed E-state index contributed by atoms with van der Waals surface area (Å²) in [5.74, 6) is -1.37. The number of aromatic nitrogens is 3. The molecule has 2 aromatic heterocycles. The number of aromatic carboxylic acids is 1. The first-order valence-corrected chi connectivity index (χ1v) is 14.1. The highest BCUT2D eigenvalue weighted by Gasteiger charge is 2.26. The molecule has 2 aliphatic heterocycles. The molecule has 0 saturated carbocycles. The van der Waals surface area contributed by atoms with Crippen LogP contribution in [0.15, 0.2) is 48.7 Å². The van der Waals surface area contributed by atoms with Crippen molar-refractivity contribution in [3.63, 3.8) is 0 Å². The van der Waals surface area contributed by atoms with E-state index in [0.717, 1.165) is 42.1 Å². The fourth-order valence-corrected chi connectivity index (χ4v) is 5.30. The molecule has 4 aromatic rings. The molecule has 222 valence electrons. The number of benzene rings is 2. The molecule has 6 rings (SSSR count). The number of likely N-dealkylation sites (tertiary alicyclic amines) is 1. The molecular weight excluding hydrogens is 560 g/mol. The number of halogens is 2. The van der Waals surface area contributed by atoms with Gasteiger partial charge in [-0.25, -0.2) is 18.6 Å². The zero-order valence-electron chi connectivity index (χ0n) is 23.2. The standard InChI is InChI=1S/C31H29F2N5O5/c32-24-11-19(14-34)1-4-28(24)42-18-21-13-29(25(33)15-35-21)43-22-5-8-37(9-6-22)17-30-36-26-3-2-20(31(39)40)12-27(26)38(30)16-23-7-10-41-23/h1-4,11-13,15,22-23H,5-10,16-18H2,(H,39,40)/t23-/m0/s1. The molecule has 0 spiro atoms. The molecule has 2 aromatic carbocycles. The molecule has 0 unspecified atom stereocenters. The van der Waals surface area contributed by atoms with Crippen LogP contribution >= 0.6 is 0 Å². The van der Waals surface area contributed by atoms with Crippen LogP contribution in [0.5, 0.6) is 11.5 Å². The van der Waals surface area contributed by atoms with Crippen LogP contribution in [-0.2, 0) is 24.4 Å². The number of piperidine rings is 1. The summed E-state index contributed by atoms with van der Waals surface area (Å²) in [6.45, 7) is 3.22. The van der Waals surface area contributed by atoms with E-state index < -0.39 is 17.6 Å². The van der Waals surface area contributed by atoms with E-state index in [1.165, 1.54) is 18.2 Å². The first-order chi connectivity index (χ1) is 20.9. The molecule has 0 aliphatic carbocycles. The quantitative estimate of drug-likeness (QED) is 0.281. The third kappa shape index (κ3) is 6.43. The molecule has 2 saturated heterocycles. The number of imidazole rings is 1. The van der Waals surface area contributed by atoms with E-state index in [0.29, 0.717) is 44.7 Å². The fourth-order valence-electron chi connectivity index (χ4n) is 5.30.